The number of benzene rings is 2. The second kappa shape index (κ2) is 9.33. The van der Waals surface area contributed by atoms with E-state index < -0.39 is 37.3 Å². The van der Waals surface area contributed by atoms with Gasteiger partial charge in [-0.3, -0.25) is 0 Å². The molecule has 162 valence electrons. The minimum Gasteiger partial charge on any atom is -0.508 e. The lowest BCUT2D eigenvalue weighted by molar-refractivity contribution is -0.277. The van der Waals surface area contributed by atoms with Crippen LogP contribution in [0.3, 0.4) is 0 Å². The second-order valence-corrected chi connectivity index (χ2v) is 6.84. The number of phenols is 2. The number of rotatable bonds is 6. The molecule has 0 aromatic heterocycles. The molecule has 3 rings (SSSR count). The predicted molar refractivity (Wildman–Crippen MR) is 106 cm³/mol. The number of aliphatic hydroxyl groups is 4. The van der Waals surface area contributed by atoms with E-state index in [1.807, 2.05) is 0 Å². The topological polar surface area (TPSA) is 149 Å². The SMILES string of the molecule is COc1ccc(/C=C/c2cc(O)cc(O[C@@H]3OC(CO)[C@@H](O)[C@@H](O)C3O)c2)cc1O. The normalized spacial score (nSPS) is 26.6. The van der Waals surface area contributed by atoms with E-state index in [4.69, 9.17) is 14.2 Å². The Balaban J connectivity index is 1.77. The molecule has 1 heterocycles. The standard InChI is InChI=1S/C21H24O9/c1-28-16-5-4-11(8-15(16)24)2-3-12-6-13(23)9-14(7-12)29-21-20(27)19(26)18(25)17(10-22)30-21/h2-9,17-27H,10H2,1H3/b3-2+/t17?,18-,19-,20?,21-/m1/s1. The van der Waals surface area contributed by atoms with Crippen molar-refractivity contribution in [3.05, 3.63) is 47.5 Å². The third-order valence-corrected chi connectivity index (χ3v) is 4.69. The summed E-state index contributed by atoms with van der Waals surface area (Å²) in [6.45, 7) is -0.576. The maximum absolute atomic E-state index is 10.1. The first-order valence-corrected chi connectivity index (χ1v) is 9.18. The van der Waals surface area contributed by atoms with Crippen LogP contribution in [0.1, 0.15) is 11.1 Å². The Hall–Kier alpha value is -2.82. The van der Waals surface area contributed by atoms with Crippen LogP contribution >= 0.6 is 0 Å². The molecule has 9 nitrogen and oxygen atoms in total. The van der Waals surface area contributed by atoms with Crippen molar-refractivity contribution >= 4 is 12.2 Å². The van der Waals surface area contributed by atoms with Crippen LogP contribution in [-0.4, -0.2) is 75.1 Å². The lowest BCUT2D eigenvalue weighted by atomic mass is 9.99. The third-order valence-electron chi connectivity index (χ3n) is 4.69. The molecule has 0 amide bonds. The van der Waals surface area contributed by atoms with Crippen molar-refractivity contribution in [2.45, 2.75) is 30.7 Å². The zero-order valence-electron chi connectivity index (χ0n) is 16.1. The summed E-state index contributed by atoms with van der Waals surface area (Å²) in [6, 6.07) is 9.19. The molecule has 5 atom stereocenters. The number of aliphatic hydroxyl groups excluding tert-OH is 4. The molecule has 0 aliphatic carbocycles. The van der Waals surface area contributed by atoms with Crippen molar-refractivity contribution in [2.24, 2.45) is 0 Å². The predicted octanol–water partition coefficient (Wildman–Crippen LogP) is 0.455. The van der Waals surface area contributed by atoms with Crippen LogP contribution in [0, 0.1) is 0 Å². The van der Waals surface area contributed by atoms with E-state index in [9.17, 15) is 30.6 Å². The average Bonchev–Trinajstić information content (AvgIpc) is 2.72. The monoisotopic (exact) mass is 420 g/mol. The van der Waals surface area contributed by atoms with Gasteiger partial charge in [-0.25, -0.2) is 0 Å². The lowest BCUT2D eigenvalue weighted by Crippen LogP contribution is -2.60. The molecule has 1 aliphatic rings. The molecule has 2 unspecified atom stereocenters. The Labute approximate surface area is 172 Å². The highest BCUT2D eigenvalue weighted by Crippen LogP contribution is 2.30. The van der Waals surface area contributed by atoms with Gasteiger partial charge in [-0.2, -0.15) is 0 Å². The Morgan fingerprint density at radius 1 is 0.933 bits per heavy atom. The summed E-state index contributed by atoms with van der Waals surface area (Å²) >= 11 is 0. The van der Waals surface area contributed by atoms with Gasteiger partial charge in [0.2, 0.25) is 6.29 Å². The molecule has 1 saturated heterocycles. The molecule has 0 saturated carbocycles. The molecule has 6 N–H and O–H groups in total. The largest absolute Gasteiger partial charge is 0.508 e. The fourth-order valence-corrected chi connectivity index (χ4v) is 3.07. The Bertz CT molecular complexity index is 896. The van der Waals surface area contributed by atoms with Crippen molar-refractivity contribution in [2.75, 3.05) is 13.7 Å². The van der Waals surface area contributed by atoms with E-state index in [2.05, 4.69) is 0 Å². The van der Waals surface area contributed by atoms with Crippen LogP contribution < -0.4 is 9.47 Å². The van der Waals surface area contributed by atoms with Gasteiger partial charge in [0.1, 0.15) is 35.9 Å². The first-order valence-electron chi connectivity index (χ1n) is 9.18. The summed E-state index contributed by atoms with van der Waals surface area (Å²) in [4.78, 5) is 0. The number of hydrogen-bond donors (Lipinski definition) is 6. The third kappa shape index (κ3) is 4.84. The maximum atomic E-state index is 10.1. The summed E-state index contributed by atoms with van der Waals surface area (Å²) in [5.41, 5.74) is 1.23. The van der Waals surface area contributed by atoms with Gasteiger partial charge >= 0.3 is 0 Å². The highest BCUT2D eigenvalue weighted by Gasteiger charge is 2.44. The first kappa shape index (κ1) is 21.9. The summed E-state index contributed by atoms with van der Waals surface area (Å²) in [5.74, 6) is 0.354. The van der Waals surface area contributed by atoms with Gasteiger partial charge in [-0.1, -0.05) is 18.2 Å². The molecule has 1 fully saturated rings. The van der Waals surface area contributed by atoms with Crippen molar-refractivity contribution in [1.29, 1.82) is 0 Å². The smallest absolute Gasteiger partial charge is 0.229 e. The quantitative estimate of drug-likeness (QED) is 0.366. The second-order valence-electron chi connectivity index (χ2n) is 6.84. The van der Waals surface area contributed by atoms with Crippen molar-refractivity contribution in [1.82, 2.24) is 0 Å². The zero-order valence-corrected chi connectivity index (χ0v) is 16.1. The minimum atomic E-state index is -1.57. The Morgan fingerprint density at radius 2 is 1.67 bits per heavy atom. The Kier molecular flexibility index (Phi) is 6.80. The van der Waals surface area contributed by atoms with E-state index in [0.717, 1.165) is 0 Å². The molecule has 0 spiro atoms. The fraction of sp³-hybridized carbons (Fsp3) is 0.333. The molecule has 9 heteroatoms. The average molecular weight is 420 g/mol. The van der Waals surface area contributed by atoms with E-state index in [1.54, 1.807) is 30.4 Å². The number of phenolic OH excluding ortho intramolecular Hbond substituents is 2. The van der Waals surface area contributed by atoms with Gasteiger partial charge in [-0.05, 0) is 35.4 Å². The number of hydrogen-bond acceptors (Lipinski definition) is 9. The molecular weight excluding hydrogens is 396 g/mol. The van der Waals surface area contributed by atoms with Crippen molar-refractivity contribution < 1.29 is 44.8 Å². The molecule has 0 radical (unpaired) electrons. The molecule has 0 bridgehead atoms. The van der Waals surface area contributed by atoms with Gasteiger partial charge < -0.3 is 44.8 Å². The first-order chi connectivity index (χ1) is 14.3. The van der Waals surface area contributed by atoms with E-state index in [-0.39, 0.29) is 17.2 Å². The van der Waals surface area contributed by atoms with Crippen LogP contribution in [-0.2, 0) is 4.74 Å². The van der Waals surface area contributed by atoms with Gasteiger partial charge in [-0.15, -0.1) is 0 Å². The lowest BCUT2D eigenvalue weighted by Gasteiger charge is -2.39. The maximum Gasteiger partial charge on any atom is 0.229 e. The zero-order chi connectivity index (χ0) is 21.8. The molecule has 2 aromatic carbocycles. The van der Waals surface area contributed by atoms with Gasteiger partial charge in [0.15, 0.2) is 11.5 Å². The van der Waals surface area contributed by atoms with Gasteiger partial charge in [0.05, 0.1) is 13.7 Å². The summed E-state index contributed by atoms with van der Waals surface area (Å²) < 4.78 is 15.8. The van der Waals surface area contributed by atoms with Gasteiger partial charge in [0, 0.05) is 6.07 Å². The highest BCUT2D eigenvalue weighted by atomic mass is 16.7. The molecular formula is C21H24O9. The van der Waals surface area contributed by atoms with Crippen molar-refractivity contribution in [3.8, 4) is 23.0 Å². The number of methoxy groups -OCH3 is 1. The highest BCUT2D eigenvalue weighted by molar-refractivity contribution is 5.72. The molecule has 30 heavy (non-hydrogen) atoms. The number of ether oxygens (including phenoxy) is 3. The summed E-state index contributed by atoms with van der Waals surface area (Å²) in [7, 11) is 1.45. The van der Waals surface area contributed by atoms with Crippen LogP contribution in [0.4, 0.5) is 0 Å². The molecule has 2 aromatic rings. The van der Waals surface area contributed by atoms with Crippen LogP contribution in [0.5, 0.6) is 23.0 Å². The number of aromatic hydroxyl groups is 2. The minimum absolute atomic E-state index is 0.0119. The van der Waals surface area contributed by atoms with Crippen LogP contribution in [0.25, 0.3) is 12.2 Å². The summed E-state index contributed by atoms with van der Waals surface area (Å²) in [5, 5.41) is 58.9. The van der Waals surface area contributed by atoms with Crippen LogP contribution in [0.2, 0.25) is 0 Å². The molecule has 1 aliphatic heterocycles. The van der Waals surface area contributed by atoms with E-state index in [1.165, 1.54) is 25.3 Å². The van der Waals surface area contributed by atoms with E-state index >= 15 is 0 Å². The van der Waals surface area contributed by atoms with Crippen LogP contribution in [0.15, 0.2) is 36.4 Å². The van der Waals surface area contributed by atoms with Crippen molar-refractivity contribution in [3.63, 3.8) is 0 Å². The van der Waals surface area contributed by atoms with E-state index in [0.29, 0.717) is 16.9 Å². The fourth-order valence-electron chi connectivity index (χ4n) is 3.07. The Morgan fingerprint density at radius 3 is 2.33 bits per heavy atom. The van der Waals surface area contributed by atoms with Gasteiger partial charge in [0.25, 0.3) is 0 Å². The summed E-state index contributed by atoms with van der Waals surface area (Å²) in [6.07, 6.45) is -3.72.